The molecule has 2 nitrogen and oxygen atoms in total. The molecule has 2 heterocycles. The second-order valence-corrected chi connectivity index (χ2v) is 3.81. The number of rotatable bonds is 1. The van der Waals surface area contributed by atoms with Gasteiger partial charge in [-0.1, -0.05) is 6.92 Å². The van der Waals surface area contributed by atoms with Crippen LogP contribution in [0.3, 0.4) is 0 Å². The van der Waals surface area contributed by atoms with Crippen LogP contribution in [0.5, 0.6) is 0 Å². The van der Waals surface area contributed by atoms with E-state index < -0.39 is 0 Å². The van der Waals surface area contributed by atoms with Gasteiger partial charge in [0.25, 0.3) is 0 Å². The molecule has 2 rings (SSSR count). The van der Waals surface area contributed by atoms with Crippen molar-refractivity contribution in [3.63, 3.8) is 0 Å². The van der Waals surface area contributed by atoms with Gasteiger partial charge in [0.2, 0.25) is 0 Å². The first-order chi connectivity index (χ1) is 5.31. The third-order valence-electron chi connectivity index (χ3n) is 3.21. The summed E-state index contributed by atoms with van der Waals surface area (Å²) in [6.45, 7) is 3.35. The minimum absolute atomic E-state index is 0.254. The van der Waals surface area contributed by atoms with Gasteiger partial charge in [-0.2, -0.15) is 0 Å². The molecule has 11 heavy (non-hydrogen) atoms. The van der Waals surface area contributed by atoms with Gasteiger partial charge in [-0.15, -0.1) is 0 Å². The van der Waals surface area contributed by atoms with E-state index >= 15 is 0 Å². The van der Waals surface area contributed by atoms with Crippen LogP contribution >= 0.6 is 0 Å². The Morgan fingerprint density at radius 2 is 1.82 bits per heavy atom. The Labute approximate surface area is 68.2 Å². The number of piperidine rings is 1. The molecule has 0 N–H and O–H groups in total. The smallest absolute Gasteiger partial charge is 0.0959 e. The molecule has 0 aliphatic carbocycles. The van der Waals surface area contributed by atoms with Crippen molar-refractivity contribution in [1.82, 2.24) is 4.90 Å². The van der Waals surface area contributed by atoms with Gasteiger partial charge in [-0.05, 0) is 32.2 Å². The Balaban J connectivity index is 2.06. The number of nitrogens with zero attached hydrogens (tertiary/aromatic N) is 1. The molecule has 2 aliphatic rings. The van der Waals surface area contributed by atoms with Crippen molar-refractivity contribution in [2.45, 2.75) is 50.8 Å². The second-order valence-electron chi connectivity index (χ2n) is 3.81. The highest BCUT2D eigenvalue weighted by molar-refractivity contribution is 4.94. The molecule has 0 aromatic rings. The quantitative estimate of drug-likeness (QED) is 0.560. The summed E-state index contributed by atoms with van der Waals surface area (Å²) in [5.74, 6) is 0. The number of hydrogen-bond acceptors (Lipinski definition) is 1. The Bertz CT molecular complexity index is 134. The molecule has 2 bridgehead atoms. The summed E-state index contributed by atoms with van der Waals surface area (Å²) in [4.78, 5) is 2.52. The minimum atomic E-state index is -0.254. The van der Waals surface area contributed by atoms with Gasteiger partial charge < -0.3 is 0 Å². The zero-order valence-electron chi connectivity index (χ0n) is 7.12. The highest BCUT2D eigenvalue weighted by Gasteiger charge is 2.39. The molecule has 2 aliphatic heterocycles. The Kier molecular flexibility index (Phi) is 1.90. The fourth-order valence-electron chi connectivity index (χ4n) is 2.74. The number of hydrogen-bond donors (Lipinski definition) is 0. The van der Waals surface area contributed by atoms with Gasteiger partial charge in [0.1, 0.15) is 0 Å². The van der Waals surface area contributed by atoms with E-state index in [9.17, 15) is 5.11 Å². The van der Waals surface area contributed by atoms with Gasteiger partial charge in [0.05, 0.1) is 6.10 Å². The zero-order chi connectivity index (χ0) is 7.84. The molecule has 1 unspecified atom stereocenters. The molecule has 1 radical (unpaired) electrons. The van der Waals surface area contributed by atoms with Crippen molar-refractivity contribution in [3.8, 4) is 0 Å². The highest BCUT2D eigenvalue weighted by Crippen LogP contribution is 2.35. The fourth-order valence-corrected chi connectivity index (χ4v) is 2.74. The number of fused-ring (bicyclic) bond motifs is 2. The summed E-state index contributed by atoms with van der Waals surface area (Å²) in [7, 11) is 0. The first-order valence-electron chi connectivity index (χ1n) is 4.72. The molecule has 0 saturated carbocycles. The molecule has 2 heteroatoms. The van der Waals surface area contributed by atoms with E-state index in [2.05, 4.69) is 11.8 Å². The van der Waals surface area contributed by atoms with Crippen LogP contribution in [0.2, 0.25) is 0 Å². The summed E-state index contributed by atoms with van der Waals surface area (Å²) >= 11 is 0. The lowest BCUT2D eigenvalue weighted by molar-refractivity contribution is -0.00402. The van der Waals surface area contributed by atoms with Crippen LogP contribution in [0.25, 0.3) is 0 Å². The summed E-state index contributed by atoms with van der Waals surface area (Å²) < 4.78 is 0. The Hall–Kier alpha value is -0.0800. The fraction of sp³-hybridized carbons (Fsp3) is 1.00. The van der Waals surface area contributed by atoms with Crippen LogP contribution in [-0.4, -0.2) is 29.6 Å². The van der Waals surface area contributed by atoms with Crippen molar-refractivity contribution < 1.29 is 5.11 Å². The zero-order valence-corrected chi connectivity index (χ0v) is 7.12. The van der Waals surface area contributed by atoms with Gasteiger partial charge in [0.15, 0.2) is 0 Å². The summed E-state index contributed by atoms with van der Waals surface area (Å²) in [5.41, 5.74) is 0. The molecule has 2 saturated heterocycles. The van der Waals surface area contributed by atoms with E-state index in [0.29, 0.717) is 12.1 Å². The Morgan fingerprint density at radius 1 is 1.27 bits per heavy atom. The molecule has 3 atom stereocenters. The van der Waals surface area contributed by atoms with E-state index in [-0.39, 0.29) is 6.10 Å². The van der Waals surface area contributed by atoms with Gasteiger partial charge in [-0.3, -0.25) is 4.90 Å². The van der Waals surface area contributed by atoms with Crippen molar-refractivity contribution in [3.05, 3.63) is 0 Å². The lowest BCUT2D eigenvalue weighted by Gasteiger charge is -2.35. The minimum Gasteiger partial charge on any atom is -0.298 e. The summed E-state index contributed by atoms with van der Waals surface area (Å²) in [6.07, 6.45) is 4.11. The normalized spacial score (nSPS) is 44.7. The van der Waals surface area contributed by atoms with Gasteiger partial charge in [-0.25, -0.2) is 5.11 Å². The Morgan fingerprint density at radius 3 is 2.27 bits per heavy atom. The molecule has 2 fully saturated rings. The molecular weight excluding hydrogens is 138 g/mol. The van der Waals surface area contributed by atoms with Crippen molar-refractivity contribution in [2.24, 2.45) is 0 Å². The standard InChI is InChI=1S/C9H16NO/c1-2-10-7-3-4-8(10)6-9(11)5-7/h7-9H,2-6H2,1H3/t7-,8+,9?. The van der Waals surface area contributed by atoms with Crippen molar-refractivity contribution in [2.75, 3.05) is 6.54 Å². The van der Waals surface area contributed by atoms with E-state index in [1.165, 1.54) is 12.8 Å². The van der Waals surface area contributed by atoms with Crippen LogP contribution in [0.1, 0.15) is 32.6 Å². The third kappa shape index (κ3) is 1.18. The van der Waals surface area contributed by atoms with Crippen LogP contribution in [0.4, 0.5) is 0 Å². The first kappa shape index (κ1) is 7.56. The summed E-state index contributed by atoms with van der Waals surface area (Å²) in [5, 5.41) is 11.2. The van der Waals surface area contributed by atoms with Gasteiger partial charge in [0, 0.05) is 12.1 Å². The van der Waals surface area contributed by atoms with E-state index in [0.717, 1.165) is 19.4 Å². The maximum absolute atomic E-state index is 11.2. The van der Waals surface area contributed by atoms with Crippen LogP contribution < -0.4 is 0 Å². The topological polar surface area (TPSA) is 23.1 Å². The average molecular weight is 154 g/mol. The third-order valence-corrected chi connectivity index (χ3v) is 3.21. The highest BCUT2D eigenvalue weighted by atomic mass is 16.3. The molecule has 63 valence electrons. The second kappa shape index (κ2) is 2.76. The molecule has 0 aromatic carbocycles. The molecule has 0 amide bonds. The van der Waals surface area contributed by atoms with Crippen LogP contribution in [-0.2, 0) is 5.11 Å². The van der Waals surface area contributed by atoms with Gasteiger partial charge >= 0.3 is 0 Å². The maximum Gasteiger partial charge on any atom is 0.0959 e. The first-order valence-corrected chi connectivity index (χ1v) is 4.72. The predicted molar refractivity (Wildman–Crippen MR) is 42.9 cm³/mol. The summed E-state index contributed by atoms with van der Waals surface area (Å²) in [6, 6.07) is 1.28. The van der Waals surface area contributed by atoms with E-state index in [4.69, 9.17) is 0 Å². The lowest BCUT2D eigenvalue weighted by atomic mass is 10.0. The van der Waals surface area contributed by atoms with Crippen LogP contribution in [0, 0.1) is 0 Å². The maximum atomic E-state index is 11.2. The largest absolute Gasteiger partial charge is 0.298 e. The monoisotopic (exact) mass is 154 g/mol. The van der Waals surface area contributed by atoms with E-state index in [1.807, 2.05) is 0 Å². The average Bonchev–Trinajstić information content (AvgIpc) is 2.23. The van der Waals surface area contributed by atoms with Crippen LogP contribution in [0.15, 0.2) is 0 Å². The molecular formula is C9H16NO. The van der Waals surface area contributed by atoms with E-state index in [1.54, 1.807) is 0 Å². The molecule has 0 spiro atoms. The predicted octanol–water partition coefficient (Wildman–Crippen LogP) is 1.43. The van der Waals surface area contributed by atoms with Crippen molar-refractivity contribution in [1.29, 1.82) is 0 Å². The van der Waals surface area contributed by atoms with Crippen molar-refractivity contribution >= 4 is 0 Å². The lowest BCUT2D eigenvalue weighted by Crippen LogP contribution is -2.43. The molecule has 0 aromatic heterocycles. The SMILES string of the molecule is CCN1[C@@H]2CC[C@H]1CC([O])C2.